The van der Waals surface area contributed by atoms with Crippen LogP contribution >= 0.6 is 0 Å². The second-order valence-electron chi connectivity index (χ2n) is 10.1. The molecule has 3 aliphatic heterocycles. The van der Waals surface area contributed by atoms with Gasteiger partial charge in [-0.15, -0.1) is 6.58 Å². The van der Waals surface area contributed by atoms with Gasteiger partial charge in [0.25, 0.3) is 0 Å². The highest BCUT2D eigenvalue weighted by Crippen LogP contribution is 2.37. The first-order valence-electron chi connectivity index (χ1n) is 13.4. The lowest BCUT2D eigenvalue weighted by molar-refractivity contribution is -0.843. The van der Waals surface area contributed by atoms with Gasteiger partial charge in [-0.3, -0.25) is 4.99 Å². The summed E-state index contributed by atoms with van der Waals surface area (Å²) in [5.74, 6) is -7.05. The number of rotatable bonds is 11. The van der Waals surface area contributed by atoms with Gasteiger partial charge in [-0.25, -0.2) is 9.59 Å². The fourth-order valence-corrected chi connectivity index (χ4v) is 4.95. The number of aliphatic imine (C=N–C) groups is 1. The molecule has 1 saturated heterocycles. The Morgan fingerprint density at radius 1 is 1.27 bits per heavy atom. The van der Waals surface area contributed by atoms with E-state index in [0.29, 0.717) is 10.5 Å². The van der Waals surface area contributed by atoms with E-state index in [1.54, 1.807) is 12.2 Å². The summed E-state index contributed by atoms with van der Waals surface area (Å²) in [6, 6.07) is 0. The van der Waals surface area contributed by atoms with Crippen molar-refractivity contribution < 1.29 is 69.2 Å². The number of ether oxygens (including phenoxy) is 4. The number of carboxylic acid groups (broad SMARTS) is 1. The highest BCUT2D eigenvalue weighted by Gasteiger charge is 2.56. The summed E-state index contributed by atoms with van der Waals surface area (Å²) in [7, 11) is 2.57. The quantitative estimate of drug-likeness (QED) is 0.0338. The number of carbonyl (C=O) groups is 2. The Bertz CT molecular complexity index is 1240. The summed E-state index contributed by atoms with van der Waals surface area (Å²) >= 11 is 0. The molecular formula is C27H39N4O13+. The fourth-order valence-electron chi connectivity index (χ4n) is 4.95. The van der Waals surface area contributed by atoms with Crippen molar-refractivity contribution >= 4 is 17.9 Å². The first-order valence-corrected chi connectivity index (χ1v) is 13.4. The van der Waals surface area contributed by atoms with Crippen LogP contribution in [0.4, 0.5) is 0 Å². The molecule has 0 aliphatic carbocycles. The van der Waals surface area contributed by atoms with Crippen LogP contribution in [-0.4, -0.2) is 131 Å². The number of aliphatic hydroxyl groups excluding tert-OH is 4. The normalized spacial score (nSPS) is 32.4. The number of allylic oxidation sites excluding steroid dienone is 1. The highest BCUT2D eigenvalue weighted by atomic mass is 16.8. The number of aliphatic carboxylic acids is 1. The molecular weight excluding hydrogens is 588 g/mol. The van der Waals surface area contributed by atoms with Crippen LogP contribution in [0.25, 0.3) is 0 Å². The third-order valence-corrected chi connectivity index (χ3v) is 7.37. The van der Waals surface area contributed by atoms with Crippen LogP contribution in [0.2, 0.25) is 0 Å². The maximum atomic E-state index is 12.7. The molecule has 0 spiro atoms. The number of aliphatic hydroxyl groups is 6. The Morgan fingerprint density at radius 2 is 1.98 bits per heavy atom. The van der Waals surface area contributed by atoms with Crippen molar-refractivity contribution in [2.45, 2.75) is 36.7 Å². The minimum Gasteiger partial charge on any atom is -0.477 e. The number of nitrogens with two attached hydrogens (primary N) is 1. The van der Waals surface area contributed by atoms with Crippen LogP contribution in [-0.2, 0) is 28.5 Å². The van der Waals surface area contributed by atoms with Gasteiger partial charge in [-0.1, -0.05) is 18.2 Å². The molecule has 3 rings (SSSR count). The number of quaternary nitrogens is 1. The minimum absolute atomic E-state index is 0.00930. The number of nitrogens with one attached hydrogen (secondary N) is 2. The SMILES string of the molecule is C=CC1C(OC2OC(CO)C(O)C(O)(O)C2O)OC=C(C(=O)OC)C1C=CC1=C(NC(N)=NC)C(C(=O)O)=C[NH+](CCO)C1. The van der Waals surface area contributed by atoms with Gasteiger partial charge in [0.1, 0.15) is 37.1 Å². The number of guanidine groups is 1. The third kappa shape index (κ3) is 7.34. The van der Waals surface area contributed by atoms with E-state index in [9.17, 15) is 45.3 Å². The molecule has 3 heterocycles. The van der Waals surface area contributed by atoms with Gasteiger partial charge in [-0.2, -0.15) is 0 Å². The molecule has 0 amide bonds. The van der Waals surface area contributed by atoms with Crippen LogP contribution in [0.5, 0.6) is 0 Å². The van der Waals surface area contributed by atoms with Gasteiger partial charge in [-0.05, 0) is 0 Å². The number of carbonyl (C=O) groups excluding carboxylic acids is 1. The van der Waals surface area contributed by atoms with E-state index in [1.807, 2.05) is 0 Å². The van der Waals surface area contributed by atoms with E-state index in [2.05, 4.69) is 16.9 Å². The summed E-state index contributed by atoms with van der Waals surface area (Å²) in [6.45, 7) is 3.12. The van der Waals surface area contributed by atoms with Crippen molar-refractivity contribution in [1.29, 1.82) is 0 Å². The lowest BCUT2D eigenvalue weighted by atomic mass is 9.83. The van der Waals surface area contributed by atoms with E-state index < -0.39 is 67.1 Å². The second-order valence-corrected chi connectivity index (χ2v) is 10.1. The molecule has 0 bridgehead atoms. The molecule has 17 nitrogen and oxygen atoms in total. The van der Waals surface area contributed by atoms with Crippen molar-refractivity contribution in [3.63, 3.8) is 0 Å². The van der Waals surface area contributed by atoms with E-state index >= 15 is 0 Å². The predicted molar refractivity (Wildman–Crippen MR) is 149 cm³/mol. The number of esters is 1. The first-order chi connectivity index (χ1) is 20.8. The standard InChI is InChI=1S/C27H38N4O13/c1-4-14-15(6-5-13-9-31(7-8-32)10-16(22(36)37)19(13)30-26(28)29-2)17(23(38)41-3)12-42-24(14)44-25-21(35)27(39,40)20(34)18(11-33)43-25/h4-6,10,12,14-15,18,20-21,24-25,32-35,39-40H,1,7-9,11H2,2-3H3,(H,36,37)(H3,28,29,30)/p+1. The summed E-state index contributed by atoms with van der Waals surface area (Å²) in [5.41, 5.74) is 6.28. The molecule has 8 atom stereocenters. The third-order valence-electron chi connectivity index (χ3n) is 7.37. The largest absolute Gasteiger partial charge is 0.477 e. The van der Waals surface area contributed by atoms with Gasteiger partial charge < -0.3 is 70.6 Å². The predicted octanol–water partition coefficient (Wildman–Crippen LogP) is -4.84. The van der Waals surface area contributed by atoms with E-state index in [0.717, 1.165) is 13.4 Å². The first kappa shape index (κ1) is 34.8. The smallest absolute Gasteiger partial charge is 0.343 e. The molecule has 44 heavy (non-hydrogen) atoms. The van der Waals surface area contributed by atoms with Gasteiger partial charge in [0.15, 0.2) is 18.4 Å². The molecule has 0 aromatic heterocycles. The molecule has 0 aromatic carbocycles. The maximum absolute atomic E-state index is 12.7. The number of methoxy groups -OCH3 is 1. The van der Waals surface area contributed by atoms with E-state index in [1.165, 1.54) is 19.3 Å². The summed E-state index contributed by atoms with van der Waals surface area (Å²) in [6.07, 6.45) is -2.05. The van der Waals surface area contributed by atoms with E-state index in [4.69, 9.17) is 24.7 Å². The highest BCUT2D eigenvalue weighted by molar-refractivity contribution is 5.94. The van der Waals surface area contributed by atoms with Gasteiger partial charge >= 0.3 is 11.9 Å². The Kier molecular flexibility index (Phi) is 11.8. The van der Waals surface area contributed by atoms with Crippen LogP contribution in [0, 0.1) is 11.8 Å². The van der Waals surface area contributed by atoms with Crippen molar-refractivity contribution in [1.82, 2.24) is 5.32 Å². The lowest BCUT2D eigenvalue weighted by Gasteiger charge is -2.46. The number of hydrogen-bond acceptors (Lipinski definition) is 13. The van der Waals surface area contributed by atoms with Crippen LogP contribution < -0.4 is 16.0 Å². The summed E-state index contributed by atoms with van der Waals surface area (Å²) < 4.78 is 21.6. The van der Waals surface area contributed by atoms with Crippen molar-refractivity contribution in [3.8, 4) is 0 Å². The minimum atomic E-state index is -3.11. The Labute approximate surface area is 252 Å². The van der Waals surface area contributed by atoms with E-state index in [-0.39, 0.29) is 42.5 Å². The average molecular weight is 628 g/mol. The zero-order chi connectivity index (χ0) is 32.8. The Hall–Kier alpha value is -3.65. The summed E-state index contributed by atoms with van der Waals surface area (Å²) in [4.78, 5) is 29.3. The molecule has 0 radical (unpaired) electrons. The molecule has 0 aromatic rings. The monoisotopic (exact) mass is 627 g/mol. The molecule has 244 valence electrons. The van der Waals surface area contributed by atoms with Gasteiger partial charge in [0.05, 0.1) is 43.8 Å². The average Bonchev–Trinajstić information content (AvgIpc) is 3.00. The molecule has 3 aliphatic rings. The van der Waals surface area contributed by atoms with Crippen LogP contribution in [0.15, 0.2) is 64.7 Å². The molecule has 17 heteroatoms. The van der Waals surface area contributed by atoms with Crippen LogP contribution in [0.3, 0.4) is 0 Å². The van der Waals surface area contributed by atoms with Crippen LogP contribution in [0.1, 0.15) is 0 Å². The van der Waals surface area contributed by atoms with Gasteiger partial charge in [0, 0.05) is 18.5 Å². The number of hydrogen-bond donors (Lipinski definition) is 10. The second kappa shape index (κ2) is 14.9. The fraction of sp³-hybridized carbons (Fsp3) is 0.519. The molecule has 8 unspecified atom stereocenters. The number of carboxylic acids is 1. The number of nitrogens with zero attached hydrogens (tertiary/aromatic N) is 1. The summed E-state index contributed by atoms with van der Waals surface area (Å²) in [5, 5.41) is 72.7. The molecule has 1 fully saturated rings. The van der Waals surface area contributed by atoms with Crippen molar-refractivity contribution in [2.24, 2.45) is 22.6 Å². The maximum Gasteiger partial charge on any atom is 0.343 e. The van der Waals surface area contributed by atoms with Crippen molar-refractivity contribution in [2.75, 3.05) is 40.5 Å². The Balaban J connectivity index is 2.04. The Morgan fingerprint density at radius 3 is 2.55 bits per heavy atom. The zero-order valence-corrected chi connectivity index (χ0v) is 24.1. The topological polar surface area (TPSA) is 268 Å². The molecule has 0 saturated carbocycles. The zero-order valence-electron chi connectivity index (χ0n) is 24.1. The molecule has 11 N–H and O–H groups in total. The van der Waals surface area contributed by atoms with Gasteiger partial charge in [0.2, 0.25) is 12.1 Å². The lowest BCUT2D eigenvalue weighted by Crippen LogP contribution is -3.09. The van der Waals surface area contributed by atoms with Crippen molar-refractivity contribution in [3.05, 3.63) is 59.7 Å².